The molecule has 96 valence electrons. The van der Waals surface area contributed by atoms with Gasteiger partial charge < -0.3 is 11.1 Å². The number of carbonyl (C=O) groups excluding carboxylic acids is 1. The van der Waals surface area contributed by atoms with Gasteiger partial charge in [0.1, 0.15) is 0 Å². The molecule has 0 heterocycles. The zero-order chi connectivity index (χ0) is 13.1. The third kappa shape index (κ3) is 2.99. The fraction of sp³-hybridized carbons (Fsp3) is 0.400. The Morgan fingerprint density at radius 3 is 2.83 bits per heavy atom. The Labute approximate surface area is 108 Å². The summed E-state index contributed by atoms with van der Waals surface area (Å²) in [5, 5.41) is 3.04. The van der Waals surface area contributed by atoms with Gasteiger partial charge in [-0.25, -0.2) is 0 Å². The largest absolute Gasteiger partial charge is 0.349 e. The number of nitrogens with two attached hydrogens (primary N) is 1. The number of aryl methyl sites for hydroxylation is 1. The van der Waals surface area contributed by atoms with E-state index in [1.54, 1.807) is 0 Å². The molecule has 3 N–H and O–H groups in total. The molecule has 3 atom stereocenters. The molecule has 2 unspecified atom stereocenters. The Kier molecular flexibility index (Phi) is 3.82. The summed E-state index contributed by atoms with van der Waals surface area (Å²) in [6.07, 6.45) is 4.52. The maximum atomic E-state index is 12.0. The number of hydrogen-bond donors (Lipinski definition) is 2. The number of amides is 1. The maximum Gasteiger partial charge on any atom is 0.227 e. The van der Waals surface area contributed by atoms with E-state index >= 15 is 0 Å². The highest BCUT2D eigenvalue weighted by atomic mass is 16.1. The molecule has 18 heavy (non-hydrogen) atoms. The quantitative estimate of drug-likeness (QED) is 0.800. The lowest BCUT2D eigenvalue weighted by molar-refractivity contribution is -0.124. The van der Waals surface area contributed by atoms with Gasteiger partial charge in [0, 0.05) is 6.04 Å². The highest BCUT2D eigenvalue weighted by molar-refractivity contribution is 5.81. The van der Waals surface area contributed by atoms with Crippen molar-refractivity contribution in [2.24, 2.45) is 11.7 Å². The third-order valence-electron chi connectivity index (χ3n) is 3.35. The smallest absolute Gasteiger partial charge is 0.227 e. The molecule has 1 aliphatic carbocycles. The van der Waals surface area contributed by atoms with Crippen LogP contribution in [0.1, 0.15) is 30.5 Å². The Hall–Kier alpha value is -1.61. The molecule has 2 rings (SSSR count). The van der Waals surface area contributed by atoms with Crippen LogP contribution < -0.4 is 11.1 Å². The summed E-state index contributed by atoms with van der Waals surface area (Å²) in [7, 11) is 0. The fourth-order valence-electron chi connectivity index (χ4n) is 2.26. The molecule has 3 nitrogen and oxygen atoms in total. The summed E-state index contributed by atoms with van der Waals surface area (Å²) in [5.41, 5.74) is 8.10. The van der Waals surface area contributed by atoms with Crippen molar-refractivity contribution in [2.45, 2.75) is 32.4 Å². The Bertz CT molecular complexity index is 467. The lowest BCUT2D eigenvalue weighted by Gasteiger charge is -2.17. The summed E-state index contributed by atoms with van der Waals surface area (Å²) in [5.74, 6) is -0.0135. The number of nitrogens with one attached hydrogen (secondary N) is 1. The Morgan fingerprint density at radius 1 is 1.44 bits per heavy atom. The van der Waals surface area contributed by atoms with Crippen molar-refractivity contribution >= 4 is 5.91 Å². The predicted octanol–water partition coefficient (Wildman–Crippen LogP) is 2.08. The van der Waals surface area contributed by atoms with Crippen LogP contribution in [-0.4, -0.2) is 11.9 Å². The first kappa shape index (κ1) is 12.8. The predicted molar refractivity (Wildman–Crippen MR) is 73.0 cm³/mol. The van der Waals surface area contributed by atoms with Crippen LogP contribution in [0.5, 0.6) is 0 Å². The molecule has 0 radical (unpaired) electrons. The van der Waals surface area contributed by atoms with Gasteiger partial charge in [-0.2, -0.15) is 0 Å². The van der Waals surface area contributed by atoms with Crippen molar-refractivity contribution in [3.8, 4) is 0 Å². The first-order chi connectivity index (χ1) is 8.56. The maximum absolute atomic E-state index is 12.0. The summed E-state index contributed by atoms with van der Waals surface area (Å²) in [6, 6.07) is 8.25. The molecule has 0 saturated heterocycles. The van der Waals surface area contributed by atoms with E-state index in [9.17, 15) is 4.79 Å². The van der Waals surface area contributed by atoms with Gasteiger partial charge in [0.25, 0.3) is 0 Å². The van der Waals surface area contributed by atoms with Crippen LogP contribution in [0.4, 0.5) is 0 Å². The van der Waals surface area contributed by atoms with E-state index < -0.39 is 0 Å². The summed E-state index contributed by atoms with van der Waals surface area (Å²) in [6.45, 7) is 4.06. The first-order valence-electron chi connectivity index (χ1n) is 6.37. The van der Waals surface area contributed by atoms with Crippen molar-refractivity contribution in [3.05, 3.63) is 47.5 Å². The second-order valence-corrected chi connectivity index (χ2v) is 5.04. The SMILES string of the molecule is Cc1cccc([C@@H](C)NC(=O)C2C=CC(N)C2)c1. The first-order valence-corrected chi connectivity index (χ1v) is 6.37. The molecule has 0 saturated carbocycles. The monoisotopic (exact) mass is 244 g/mol. The van der Waals surface area contributed by atoms with Gasteiger partial charge in [-0.05, 0) is 25.8 Å². The molecule has 1 aromatic rings. The van der Waals surface area contributed by atoms with Crippen molar-refractivity contribution in [1.29, 1.82) is 0 Å². The van der Waals surface area contributed by atoms with Gasteiger partial charge in [0.2, 0.25) is 5.91 Å². The van der Waals surface area contributed by atoms with Crippen LogP contribution in [0.15, 0.2) is 36.4 Å². The topological polar surface area (TPSA) is 55.1 Å². The van der Waals surface area contributed by atoms with E-state index in [0.29, 0.717) is 6.42 Å². The van der Waals surface area contributed by atoms with Crippen molar-refractivity contribution in [2.75, 3.05) is 0 Å². The molecule has 0 fully saturated rings. The summed E-state index contributed by atoms with van der Waals surface area (Å²) >= 11 is 0. The average Bonchev–Trinajstić information content (AvgIpc) is 2.76. The number of carbonyl (C=O) groups is 1. The molecule has 1 amide bonds. The number of benzene rings is 1. The second kappa shape index (κ2) is 5.36. The summed E-state index contributed by atoms with van der Waals surface area (Å²) < 4.78 is 0. The van der Waals surface area contributed by atoms with Crippen LogP contribution >= 0.6 is 0 Å². The molecular formula is C15H20N2O. The summed E-state index contributed by atoms with van der Waals surface area (Å²) in [4.78, 5) is 12.0. The van der Waals surface area contributed by atoms with Crippen LogP contribution in [0.3, 0.4) is 0 Å². The Morgan fingerprint density at radius 2 is 2.22 bits per heavy atom. The highest BCUT2D eigenvalue weighted by Gasteiger charge is 2.23. The van der Waals surface area contributed by atoms with Gasteiger partial charge in [-0.1, -0.05) is 42.0 Å². The van der Waals surface area contributed by atoms with E-state index in [2.05, 4.69) is 24.4 Å². The third-order valence-corrected chi connectivity index (χ3v) is 3.35. The molecule has 0 aliphatic heterocycles. The molecule has 0 spiro atoms. The van der Waals surface area contributed by atoms with Gasteiger partial charge in [-0.3, -0.25) is 4.79 Å². The van der Waals surface area contributed by atoms with Gasteiger partial charge in [0.05, 0.1) is 12.0 Å². The van der Waals surface area contributed by atoms with E-state index in [1.165, 1.54) is 5.56 Å². The normalized spacial score (nSPS) is 23.9. The van der Waals surface area contributed by atoms with Gasteiger partial charge >= 0.3 is 0 Å². The van der Waals surface area contributed by atoms with Crippen LogP contribution in [-0.2, 0) is 4.79 Å². The van der Waals surface area contributed by atoms with Gasteiger partial charge in [-0.15, -0.1) is 0 Å². The van der Waals surface area contributed by atoms with Crippen LogP contribution in [0.25, 0.3) is 0 Å². The lowest BCUT2D eigenvalue weighted by Crippen LogP contribution is -2.32. The molecule has 0 aromatic heterocycles. The zero-order valence-corrected chi connectivity index (χ0v) is 10.9. The van der Waals surface area contributed by atoms with Gasteiger partial charge in [0.15, 0.2) is 0 Å². The highest BCUT2D eigenvalue weighted by Crippen LogP contribution is 2.19. The molecule has 1 aromatic carbocycles. The van der Waals surface area contributed by atoms with Crippen molar-refractivity contribution < 1.29 is 4.79 Å². The van der Waals surface area contributed by atoms with E-state index in [4.69, 9.17) is 5.73 Å². The molecule has 3 heteroatoms. The minimum Gasteiger partial charge on any atom is -0.349 e. The zero-order valence-electron chi connectivity index (χ0n) is 10.9. The molecule has 0 bridgehead atoms. The van der Waals surface area contributed by atoms with E-state index in [0.717, 1.165) is 5.56 Å². The number of hydrogen-bond acceptors (Lipinski definition) is 2. The Balaban J connectivity index is 1.97. The standard InChI is InChI=1S/C15H20N2O/c1-10-4-3-5-12(8-10)11(2)17-15(18)13-6-7-14(16)9-13/h3-8,11,13-14H,9,16H2,1-2H3,(H,17,18)/t11-,13?,14?/m1/s1. The molecule has 1 aliphatic rings. The van der Waals surface area contributed by atoms with Crippen LogP contribution in [0.2, 0.25) is 0 Å². The molecular weight excluding hydrogens is 224 g/mol. The van der Waals surface area contributed by atoms with Crippen molar-refractivity contribution in [1.82, 2.24) is 5.32 Å². The lowest BCUT2D eigenvalue weighted by atomic mass is 10.0. The fourth-order valence-corrected chi connectivity index (χ4v) is 2.26. The average molecular weight is 244 g/mol. The number of rotatable bonds is 3. The van der Waals surface area contributed by atoms with Crippen molar-refractivity contribution in [3.63, 3.8) is 0 Å². The minimum absolute atomic E-state index is 0.0232. The minimum atomic E-state index is -0.0766. The van der Waals surface area contributed by atoms with Crippen LogP contribution in [0, 0.1) is 12.8 Å². The van der Waals surface area contributed by atoms with E-state index in [-0.39, 0.29) is 23.9 Å². The van der Waals surface area contributed by atoms with E-state index in [1.807, 2.05) is 31.2 Å². The second-order valence-electron chi connectivity index (χ2n) is 5.04.